The molecule has 19 nitrogen and oxygen atoms in total. The van der Waals surface area contributed by atoms with Gasteiger partial charge in [-0.15, -0.1) is 0 Å². The molecule has 4 amide bonds. The number of ketones is 1. The number of amides is 4. The lowest BCUT2D eigenvalue weighted by atomic mass is 9.95. The maximum Gasteiger partial charge on any atom is 0.258 e. The number of guanidine groups is 3. The average Bonchev–Trinajstić information content (AvgIpc) is 1.27. The molecule has 23 heteroatoms. The number of carbonyl (C=O) groups excluding carboxylic acids is 5. The number of nitrogens with one attached hydrogen (secondary N) is 6. The Hall–Kier alpha value is -9.29. The molecule has 6 aliphatic rings. The molecule has 3 fully saturated rings. The van der Waals surface area contributed by atoms with Gasteiger partial charge < -0.3 is 24.8 Å². The smallest absolute Gasteiger partial charge is 0.258 e. The molecular formula is C81H87BrClF2N11O8. The van der Waals surface area contributed by atoms with Crippen LogP contribution in [0.3, 0.4) is 0 Å². The van der Waals surface area contributed by atoms with Crippen LogP contribution in [0.5, 0.6) is 5.75 Å². The lowest BCUT2D eigenvalue weighted by molar-refractivity contribution is -0.124. The molecule has 4 atom stereocenters. The molecule has 542 valence electrons. The van der Waals surface area contributed by atoms with Crippen LogP contribution in [-0.2, 0) is 57.6 Å². The summed E-state index contributed by atoms with van der Waals surface area (Å²) in [5.41, 5.74) is 5.89. The van der Waals surface area contributed by atoms with Gasteiger partial charge in [-0.3, -0.25) is 65.0 Å². The summed E-state index contributed by atoms with van der Waals surface area (Å²) < 4.78 is 47.0. The zero-order chi connectivity index (χ0) is 72.3. The van der Waals surface area contributed by atoms with Crippen LogP contribution in [0, 0.1) is 17.6 Å². The molecule has 1 saturated carbocycles. The van der Waals surface area contributed by atoms with Gasteiger partial charge in [-0.1, -0.05) is 137 Å². The maximum atomic E-state index is 14.9. The lowest BCUT2D eigenvalue weighted by Gasteiger charge is -2.30. The predicted octanol–water partition coefficient (Wildman–Crippen LogP) is 11.3. The first-order chi connectivity index (χ1) is 50.7. The second kappa shape index (κ2) is 36.4. The SMILES string of the molecule is COc1ccc(Br)cc1CCc1c(Cl)cccc1C(=O)NC1=NC2CCCC2C(=O)N1.O=C(NC1=NCCC(C(=O)CN2CCOCC2)N1)c1cccc(F)c1CCc1cccc2ccccc12.O=C(NC1=NCCC(CCN2CCOCC2)N1)c1cccc(F)c1CCc1cccc2ccccc12. The van der Waals surface area contributed by atoms with E-state index >= 15 is 0 Å². The zero-order valence-corrected chi connectivity index (χ0v) is 60.6. The first kappa shape index (κ1) is 74.4. The summed E-state index contributed by atoms with van der Waals surface area (Å²) in [6.07, 6.45) is 8.43. The van der Waals surface area contributed by atoms with E-state index in [0.717, 1.165) is 132 Å². The van der Waals surface area contributed by atoms with E-state index in [1.165, 1.54) is 18.2 Å². The number of morpholine rings is 2. The van der Waals surface area contributed by atoms with Gasteiger partial charge in [-0.25, -0.2) is 13.8 Å². The van der Waals surface area contributed by atoms with Crippen molar-refractivity contribution < 1.29 is 47.0 Å². The monoisotopic (exact) mass is 1490 g/mol. The van der Waals surface area contributed by atoms with Crippen LogP contribution in [0.25, 0.3) is 21.5 Å². The van der Waals surface area contributed by atoms with Crippen LogP contribution < -0.4 is 36.6 Å². The van der Waals surface area contributed by atoms with Crippen LogP contribution in [0.15, 0.2) is 177 Å². The fraction of sp³-hybridized carbons (Fsp3) is 0.358. The summed E-state index contributed by atoms with van der Waals surface area (Å²) >= 11 is 9.95. The van der Waals surface area contributed by atoms with E-state index in [1.807, 2.05) is 60.7 Å². The van der Waals surface area contributed by atoms with Crippen LogP contribution in [0.1, 0.15) is 103 Å². The fourth-order valence-electron chi connectivity index (χ4n) is 14.3. The molecular weight excluding hydrogens is 1410 g/mol. The summed E-state index contributed by atoms with van der Waals surface area (Å²) in [4.78, 5) is 82.4. The maximum absolute atomic E-state index is 14.9. The summed E-state index contributed by atoms with van der Waals surface area (Å²) in [7, 11) is 1.63. The number of rotatable bonds is 19. The molecule has 104 heavy (non-hydrogen) atoms. The number of aliphatic imine (C=N–C) groups is 3. The van der Waals surface area contributed by atoms with Gasteiger partial charge in [0.05, 0.1) is 58.1 Å². The van der Waals surface area contributed by atoms with Crippen molar-refractivity contribution in [2.75, 3.05) is 85.9 Å². The van der Waals surface area contributed by atoms with Gasteiger partial charge in [0.15, 0.2) is 17.7 Å². The van der Waals surface area contributed by atoms with Gasteiger partial charge in [0.2, 0.25) is 11.9 Å². The van der Waals surface area contributed by atoms with E-state index in [-0.39, 0.29) is 64.8 Å². The first-order valence-corrected chi connectivity index (χ1v) is 37.0. The molecule has 0 bridgehead atoms. The van der Waals surface area contributed by atoms with Crippen molar-refractivity contribution in [3.05, 3.63) is 229 Å². The molecule has 1 aliphatic carbocycles. The van der Waals surface area contributed by atoms with Gasteiger partial charge >= 0.3 is 0 Å². The van der Waals surface area contributed by atoms with Crippen molar-refractivity contribution >= 4 is 96.4 Å². The van der Waals surface area contributed by atoms with E-state index in [9.17, 15) is 32.8 Å². The number of hydrogen-bond acceptors (Lipinski definition) is 15. The average molecular weight is 1500 g/mol. The minimum Gasteiger partial charge on any atom is -0.496 e. The Morgan fingerprint density at radius 2 is 1.10 bits per heavy atom. The highest BCUT2D eigenvalue weighted by molar-refractivity contribution is 9.10. The number of nitrogens with zero attached hydrogens (tertiary/aromatic N) is 5. The second-order valence-electron chi connectivity index (χ2n) is 26.6. The van der Waals surface area contributed by atoms with Gasteiger partial charge in [-0.2, -0.15) is 0 Å². The minimum absolute atomic E-state index is 0.0492. The van der Waals surface area contributed by atoms with Crippen LogP contribution >= 0.6 is 27.5 Å². The zero-order valence-electron chi connectivity index (χ0n) is 58.3. The number of fused-ring (bicyclic) bond motifs is 3. The molecule has 5 heterocycles. The standard InChI is InChI=1S/C29H31FN4O3.C29H33FN4O2.C23H23BrClN3O3/c30-25-10-4-9-24(23(25)12-11-21-7-3-6-20-5-1-2-8-22(20)21)28(36)33-29-31-14-13-26(32-29)27(35)19-34-15-17-37-18-16-34;30-27-10-4-9-26(25(27)12-11-22-7-3-6-21-5-1-2-8-24(21)22)28(35)33-29-31-15-13-23(32-29)14-16-34-17-19-36-20-18-34;1-31-20-11-9-14(24)12-13(20)8-10-15-16(4-2-6-18(15)25)21(29)27-23-26-19-7-3-5-17(19)22(30)28-23/h1-10,26H,11-19H2,(H2,31,32,33,36);1-10,23H,11-20H2,(H2,31,32,33,35);2,4,6,9,11-12,17,19H,3,5,7-8,10H2,1H3,(H2,26,27,28,29,30). The van der Waals surface area contributed by atoms with Crippen LogP contribution in [0.4, 0.5) is 8.78 Å². The van der Waals surface area contributed by atoms with E-state index in [0.29, 0.717) is 111 Å². The third-order valence-electron chi connectivity index (χ3n) is 19.9. The molecule has 14 rings (SSSR count). The van der Waals surface area contributed by atoms with Crippen molar-refractivity contribution in [3.8, 4) is 5.75 Å². The van der Waals surface area contributed by atoms with Crippen LogP contribution in [-0.4, -0.2) is 161 Å². The van der Waals surface area contributed by atoms with Crippen molar-refractivity contribution in [1.82, 2.24) is 41.7 Å². The third-order valence-corrected chi connectivity index (χ3v) is 20.8. The second-order valence-corrected chi connectivity index (χ2v) is 28.0. The Bertz CT molecular complexity index is 4500. The highest BCUT2D eigenvalue weighted by Gasteiger charge is 2.38. The fourth-order valence-corrected chi connectivity index (χ4v) is 15.0. The summed E-state index contributed by atoms with van der Waals surface area (Å²) in [5, 5.41) is 22.7. The number of benzene rings is 8. The molecule has 0 aromatic heterocycles. The first-order valence-electron chi connectivity index (χ1n) is 35.9. The number of aryl methyl sites for hydroxylation is 3. The largest absolute Gasteiger partial charge is 0.496 e. The number of Topliss-reactive ketones (excluding diaryl/α,β-unsaturated/α-hetero) is 1. The van der Waals surface area contributed by atoms with Crippen molar-refractivity contribution in [2.45, 2.75) is 95.2 Å². The molecule has 8 aromatic carbocycles. The predicted molar refractivity (Wildman–Crippen MR) is 406 cm³/mol. The lowest BCUT2D eigenvalue weighted by Crippen LogP contribution is -2.54. The minimum atomic E-state index is -0.444. The molecule has 5 aliphatic heterocycles. The topological polar surface area (TPSA) is 229 Å². The number of halogens is 4. The van der Waals surface area contributed by atoms with E-state index in [1.54, 1.807) is 43.5 Å². The van der Waals surface area contributed by atoms with E-state index in [2.05, 4.69) is 115 Å². The Labute approximate surface area is 618 Å². The van der Waals surface area contributed by atoms with Crippen LogP contribution in [0.2, 0.25) is 5.02 Å². The summed E-state index contributed by atoms with van der Waals surface area (Å²) in [6.45, 7) is 8.65. The van der Waals surface area contributed by atoms with Gasteiger partial charge in [0, 0.05) is 89.2 Å². The van der Waals surface area contributed by atoms with Crippen molar-refractivity contribution in [1.29, 1.82) is 0 Å². The molecule has 0 spiro atoms. The van der Waals surface area contributed by atoms with Crippen molar-refractivity contribution in [3.63, 3.8) is 0 Å². The molecule has 4 unspecified atom stereocenters. The molecule has 2 saturated heterocycles. The summed E-state index contributed by atoms with van der Waals surface area (Å²) in [6, 6.07) is 48.6. The Morgan fingerprint density at radius 3 is 1.71 bits per heavy atom. The highest BCUT2D eigenvalue weighted by atomic mass is 79.9. The van der Waals surface area contributed by atoms with Crippen molar-refractivity contribution in [2.24, 2.45) is 20.9 Å². The van der Waals surface area contributed by atoms with E-state index < -0.39 is 17.8 Å². The summed E-state index contributed by atoms with van der Waals surface area (Å²) in [5.74, 6) is -0.243. The van der Waals surface area contributed by atoms with E-state index in [4.69, 9.17) is 25.8 Å². The number of carbonyl (C=O) groups is 5. The Kier molecular flexibility index (Phi) is 26.1. The number of ether oxygens (including phenoxy) is 3. The van der Waals surface area contributed by atoms with Gasteiger partial charge in [0.1, 0.15) is 17.4 Å². The van der Waals surface area contributed by atoms with Gasteiger partial charge in [-0.05, 0) is 169 Å². The quantitative estimate of drug-likeness (QED) is 0.0444. The third kappa shape index (κ3) is 19.6. The Morgan fingerprint density at radius 1 is 0.577 bits per heavy atom. The molecule has 0 radical (unpaired) electrons. The number of hydrogen-bond donors (Lipinski definition) is 6. The Balaban J connectivity index is 0.000000147. The van der Waals surface area contributed by atoms with Gasteiger partial charge in [0.25, 0.3) is 17.7 Å². The number of methoxy groups -OCH3 is 1. The highest BCUT2D eigenvalue weighted by Crippen LogP contribution is 2.32. The normalized spacial score (nSPS) is 18.8. The molecule has 8 aromatic rings. The molecule has 6 N–H and O–H groups in total.